The summed E-state index contributed by atoms with van der Waals surface area (Å²) in [6, 6.07) is 8.54. The first kappa shape index (κ1) is 14.7. The third-order valence-electron chi connectivity index (χ3n) is 2.59. The van der Waals surface area contributed by atoms with E-state index in [1.54, 1.807) is 0 Å². The number of rotatable bonds is 4. The largest absolute Gasteiger partial charge is 0.361 e. The molecule has 98 valence electrons. The normalized spacial score (nSPS) is 10.2. The zero-order valence-electron chi connectivity index (χ0n) is 11.0. The molecule has 0 atom stereocenters. The van der Waals surface area contributed by atoms with Gasteiger partial charge in [0.2, 0.25) is 0 Å². The van der Waals surface area contributed by atoms with Crippen molar-refractivity contribution >= 4 is 12.4 Å². The molecule has 0 aliphatic heterocycles. The fourth-order valence-corrected chi connectivity index (χ4v) is 2.01. The molecule has 1 heterocycles. The van der Waals surface area contributed by atoms with Crippen LogP contribution in [0.4, 0.5) is 0 Å². The number of hydrogen-bond donors (Lipinski definition) is 1. The standard InChI is InChI=1S/C14H18N2O.ClH/c1-10-4-11(2)6-13(5-10)8-15-9-14-7-12(3)17-16-14;/h4-7,15H,8-9H2,1-3H3;1H. The zero-order valence-corrected chi connectivity index (χ0v) is 11.8. The van der Waals surface area contributed by atoms with E-state index in [9.17, 15) is 0 Å². The minimum Gasteiger partial charge on any atom is -0.361 e. The van der Waals surface area contributed by atoms with Crippen molar-refractivity contribution in [2.75, 3.05) is 0 Å². The summed E-state index contributed by atoms with van der Waals surface area (Å²) in [7, 11) is 0. The average Bonchev–Trinajstić information content (AvgIpc) is 2.63. The Morgan fingerprint density at radius 3 is 2.22 bits per heavy atom. The van der Waals surface area contributed by atoms with E-state index >= 15 is 0 Å². The lowest BCUT2D eigenvalue weighted by molar-refractivity contribution is 0.388. The molecule has 4 heteroatoms. The maximum absolute atomic E-state index is 5.02. The molecular weight excluding hydrogens is 248 g/mol. The molecule has 0 bridgehead atoms. The summed E-state index contributed by atoms with van der Waals surface area (Å²) < 4.78 is 5.02. The molecule has 1 aromatic carbocycles. The third kappa shape index (κ3) is 4.17. The van der Waals surface area contributed by atoms with E-state index in [0.717, 1.165) is 24.5 Å². The van der Waals surface area contributed by atoms with Gasteiger partial charge >= 0.3 is 0 Å². The Hall–Kier alpha value is -1.32. The van der Waals surface area contributed by atoms with Crippen LogP contribution in [0.15, 0.2) is 28.8 Å². The van der Waals surface area contributed by atoms with Gasteiger partial charge in [-0.2, -0.15) is 0 Å². The first-order chi connectivity index (χ1) is 8.13. The fourth-order valence-electron chi connectivity index (χ4n) is 2.01. The first-order valence-corrected chi connectivity index (χ1v) is 5.83. The van der Waals surface area contributed by atoms with Crippen LogP contribution in [-0.2, 0) is 13.1 Å². The number of nitrogens with zero attached hydrogens (tertiary/aromatic N) is 1. The van der Waals surface area contributed by atoms with Gasteiger partial charge in [-0.3, -0.25) is 0 Å². The number of benzene rings is 1. The van der Waals surface area contributed by atoms with Crippen LogP contribution in [0.3, 0.4) is 0 Å². The number of nitrogens with one attached hydrogen (secondary N) is 1. The molecule has 0 aliphatic rings. The zero-order chi connectivity index (χ0) is 12.3. The lowest BCUT2D eigenvalue weighted by Gasteiger charge is -2.05. The SMILES string of the molecule is Cc1cc(C)cc(CNCc2cc(C)on2)c1.Cl. The second-order valence-corrected chi connectivity index (χ2v) is 4.53. The summed E-state index contributed by atoms with van der Waals surface area (Å²) in [5, 5.41) is 7.31. The van der Waals surface area contributed by atoms with Gasteiger partial charge in [0.1, 0.15) is 5.76 Å². The second kappa shape index (κ2) is 6.57. The Morgan fingerprint density at radius 2 is 1.67 bits per heavy atom. The van der Waals surface area contributed by atoms with Gasteiger partial charge in [-0.15, -0.1) is 12.4 Å². The van der Waals surface area contributed by atoms with Gasteiger partial charge in [0.25, 0.3) is 0 Å². The third-order valence-corrected chi connectivity index (χ3v) is 2.59. The van der Waals surface area contributed by atoms with Gasteiger partial charge < -0.3 is 9.84 Å². The fraction of sp³-hybridized carbons (Fsp3) is 0.357. The lowest BCUT2D eigenvalue weighted by Crippen LogP contribution is -2.13. The van der Waals surface area contributed by atoms with Crippen molar-refractivity contribution in [1.82, 2.24) is 10.5 Å². The topological polar surface area (TPSA) is 38.1 Å². The summed E-state index contributed by atoms with van der Waals surface area (Å²) in [6.07, 6.45) is 0. The Balaban J connectivity index is 0.00000162. The molecule has 0 unspecified atom stereocenters. The Morgan fingerprint density at radius 1 is 1.00 bits per heavy atom. The first-order valence-electron chi connectivity index (χ1n) is 5.83. The molecular formula is C14H19ClN2O. The van der Waals surface area contributed by atoms with Crippen LogP contribution in [0.25, 0.3) is 0 Å². The van der Waals surface area contributed by atoms with Crippen molar-refractivity contribution in [2.24, 2.45) is 0 Å². The van der Waals surface area contributed by atoms with Crippen LogP contribution in [-0.4, -0.2) is 5.16 Å². The molecule has 0 aliphatic carbocycles. The van der Waals surface area contributed by atoms with Crippen LogP contribution >= 0.6 is 12.4 Å². The molecule has 0 radical (unpaired) electrons. The second-order valence-electron chi connectivity index (χ2n) is 4.53. The average molecular weight is 267 g/mol. The van der Waals surface area contributed by atoms with E-state index in [0.29, 0.717) is 0 Å². The Labute approximate surface area is 114 Å². The lowest BCUT2D eigenvalue weighted by atomic mass is 10.1. The highest BCUT2D eigenvalue weighted by atomic mass is 35.5. The molecule has 2 aromatic rings. The summed E-state index contributed by atoms with van der Waals surface area (Å²) in [6.45, 7) is 7.74. The summed E-state index contributed by atoms with van der Waals surface area (Å²) >= 11 is 0. The van der Waals surface area contributed by atoms with E-state index in [1.807, 2.05) is 13.0 Å². The van der Waals surface area contributed by atoms with Crippen LogP contribution in [0.2, 0.25) is 0 Å². The highest BCUT2D eigenvalue weighted by molar-refractivity contribution is 5.85. The minimum atomic E-state index is 0. The van der Waals surface area contributed by atoms with E-state index in [2.05, 4.69) is 42.5 Å². The molecule has 1 N–H and O–H groups in total. The molecule has 0 saturated heterocycles. The van der Waals surface area contributed by atoms with Crippen molar-refractivity contribution in [2.45, 2.75) is 33.9 Å². The molecule has 0 fully saturated rings. The number of aryl methyl sites for hydroxylation is 3. The Kier molecular flexibility index (Phi) is 5.38. The highest BCUT2D eigenvalue weighted by Crippen LogP contribution is 2.09. The van der Waals surface area contributed by atoms with Crippen molar-refractivity contribution in [3.8, 4) is 0 Å². The van der Waals surface area contributed by atoms with Crippen molar-refractivity contribution in [1.29, 1.82) is 0 Å². The highest BCUT2D eigenvalue weighted by Gasteiger charge is 2.00. The molecule has 0 spiro atoms. The van der Waals surface area contributed by atoms with Gasteiger partial charge in [-0.1, -0.05) is 34.5 Å². The van der Waals surface area contributed by atoms with Crippen LogP contribution in [0.1, 0.15) is 28.1 Å². The van der Waals surface area contributed by atoms with Gasteiger partial charge in [0.05, 0.1) is 5.69 Å². The maximum Gasteiger partial charge on any atom is 0.133 e. The van der Waals surface area contributed by atoms with Gasteiger partial charge in [-0.05, 0) is 26.3 Å². The van der Waals surface area contributed by atoms with Crippen LogP contribution < -0.4 is 5.32 Å². The van der Waals surface area contributed by atoms with Crippen molar-refractivity contribution in [3.63, 3.8) is 0 Å². The summed E-state index contributed by atoms with van der Waals surface area (Å²) in [4.78, 5) is 0. The van der Waals surface area contributed by atoms with Crippen LogP contribution in [0, 0.1) is 20.8 Å². The van der Waals surface area contributed by atoms with Gasteiger partial charge in [-0.25, -0.2) is 0 Å². The predicted octanol–water partition coefficient (Wildman–Crippen LogP) is 3.31. The van der Waals surface area contributed by atoms with Gasteiger partial charge in [0, 0.05) is 19.2 Å². The summed E-state index contributed by atoms with van der Waals surface area (Å²) in [5.74, 6) is 0.855. The van der Waals surface area contributed by atoms with E-state index in [4.69, 9.17) is 4.52 Å². The molecule has 0 saturated carbocycles. The molecule has 1 aromatic heterocycles. The van der Waals surface area contributed by atoms with Crippen molar-refractivity contribution < 1.29 is 4.52 Å². The quantitative estimate of drug-likeness (QED) is 0.923. The molecule has 0 amide bonds. The predicted molar refractivity (Wildman–Crippen MR) is 74.9 cm³/mol. The Bertz CT molecular complexity index is 488. The van der Waals surface area contributed by atoms with E-state index in [1.165, 1.54) is 16.7 Å². The smallest absolute Gasteiger partial charge is 0.133 e. The monoisotopic (exact) mass is 266 g/mol. The van der Waals surface area contributed by atoms with E-state index in [-0.39, 0.29) is 12.4 Å². The maximum atomic E-state index is 5.02. The van der Waals surface area contributed by atoms with Crippen LogP contribution in [0.5, 0.6) is 0 Å². The molecule has 3 nitrogen and oxygen atoms in total. The minimum absolute atomic E-state index is 0. The number of hydrogen-bond acceptors (Lipinski definition) is 3. The molecule has 2 rings (SSSR count). The summed E-state index contributed by atoms with van der Waals surface area (Å²) in [5.41, 5.74) is 4.87. The number of halogens is 1. The van der Waals surface area contributed by atoms with Gasteiger partial charge in [0.15, 0.2) is 0 Å². The van der Waals surface area contributed by atoms with E-state index < -0.39 is 0 Å². The number of aromatic nitrogens is 1. The molecule has 18 heavy (non-hydrogen) atoms. The van der Waals surface area contributed by atoms with Crippen molar-refractivity contribution in [3.05, 3.63) is 52.4 Å².